The molecule has 0 spiro atoms. The number of hydrogen-bond acceptors (Lipinski definition) is 3. The van der Waals surface area contributed by atoms with Gasteiger partial charge in [-0.3, -0.25) is 4.79 Å². The van der Waals surface area contributed by atoms with Gasteiger partial charge in [-0.05, 0) is 0 Å². The maximum Gasteiger partial charge on any atom is 0.304 e. The summed E-state index contributed by atoms with van der Waals surface area (Å²) in [6.07, 6.45) is 3.00. The Hall–Kier alpha value is -1.32. The van der Waals surface area contributed by atoms with Crippen molar-refractivity contribution in [3.05, 3.63) is 18.4 Å². The number of aromatic nitrogens is 1. The second kappa shape index (κ2) is 3.18. The topological polar surface area (TPSA) is 63.3 Å². The predicted octanol–water partition coefficient (Wildman–Crippen LogP) is 1.25. The first kappa shape index (κ1) is 7.78. The second-order valence-electron chi connectivity index (χ2n) is 2.37. The zero-order valence-electron chi connectivity index (χ0n) is 6.15. The van der Waals surface area contributed by atoms with Crippen LogP contribution in [0.25, 0.3) is 0 Å². The molecule has 4 heteroatoms. The molecule has 1 heterocycles. The van der Waals surface area contributed by atoms with Gasteiger partial charge in [0, 0.05) is 5.92 Å². The minimum Gasteiger partial charge on any atom is -0.481 e. The fourth-order valence-corrected chi connectivity index (χ4v) is 0.827. The molecule has 0 aliphatic rings. The summed E-state index contributed by atoms with van der Waals surface area (Å²) in [6.45, 7) is 1.76. The number of hydrogen-bond donors (Lipinski definition) is 1. The van der Waals surface area contributed by atoms with E-state index in [1.165, 1.54) is 12.5 Å². The zero-order valence-corrected chi connectivity index (χ0v) is 6.15. The number of carboxylic acids is 1. The summed E-state index contributed by atoms with van der Waals surface area (Å²) in [4.78, 5) is 14.1. The Morgan fingerprint density at radius 1 is 1.91 bits per heavy atom. The lowest BCUT2D eigenvalue weighted by molar-refractivity contribution is -0.137. The molecule has 1 atom stereocenters. The summed E-state index contributed by atoms with van der Waals surface area (Å²) in [5, 5.41) is 8.41. The van der Waals surface area contributed by atoms with E-state index >= 15 is 0 Å². The van der Waals surface area contributed by atoms with E-state index in [0.29, 0.717) is 5.89 Å². The highest BCUT2D eigenvalue weighted by Crippen LogP contribution is 2.15. The average molecular weight is 155 g/mol. The van der Waals surface area contributed by atoms with E-state index < -0.39 is 5.97 Å². The molecule has 0 fully saturated rings. The second-order valence-corrected chi connectivity index (χ2v) is 2.37. The summed E-state index contributed by atoms with van der Waals surface area (Å²) < 4.78 is 4.92. The molecule has 1 aromatic heterocycles. The minimum absolute atomic E-state index is 0.0561. The normalized spacial score (nSPS) is 12.8. The van der Waals surface area contributed by atoms with Gasteiger partial charge in [-0.25, -0.2) is 4.98 Å². The van der Waals surface area contributed by atoms with Gasteiger partial charge in [0.15, 0.2) is 5.89 Å². The highest BCUT2D eigenvalue weighted by Gasteiger charge is 2.13. The van der Waals surface area contributed by atoms with Crippen LogP contribution in [0.4, 0.5) is 0 Å². The van der Waals surface area contributed by atoms with E-state index in [2.05, 4.69) is 4.98 Å². The van der Waals surface area contributed by atoms with Crippen LogP contribution < -0.4 is 0 Å². The van der Waals surface area contributed by atoms with Crippen molar-refractivity contribution in [2.75, 3.05) is 0 Å². The van der Waals surface area contributed by atoms with Crippen LogP contribution in [-0.2, 0) is 4.79 Å². The molecule has 1 unspecified atom stereocenters. The number of carboxylic acid groups (broad SMARTS) is 1. The lowest BCUT2D eigenvalue weighted by atomic mass is 10.1. The molecule has 0 radical (unpaired) electrons. The Labute approximate surface area is 63.9 Å². The Bertz CT molecular complexity index is 230. The monoisotopic (exact) mass is 155 g/mol. The standard InChI is InChI=1S/C7H9NO3/c1-5(4-6(9)10)7-8-2-3-11-7/h2-3,5H,4H2,1H3,(H,9,10). The predicted molar refractivity (Wildman–Crippen MR) is 37.2 cm³/mol. The summed E-state index contributed by atoms with van der Waals surface area (Å²) in [7, 11) is 0. The molecule has 11 heavy (non-hydrogen) atoms. The molecule has 1 rings (SSSR count). The first-order valence-corrected chi connectivity index (χ1v) is 3.31. The minimum atomic E-state index is -0.837. The average Bonchev–Trinajstić information content (AvgIpc) is 2.35. The van der Waals surface area contributed by atoms with Crippen LogP contribution in [0.3, 0.4) is 0 Å². The van der Waals surface area contributed by atoms with E-state index in [9.17, 15) is 4.79 Å². The van der Waals surface area contributed by atoms with E-state index in [1.807, 2.05) is 0 Å². The molecule has 0 saturated heterocycles. The van der Waals surface area contributed by atoms with Gasteiger partial charge in [0.2, 0.25) is 0 Å². The largest absolute Gasteiger partial charge is 0.481 e. The van der Waals surface area contributed by atoms with Gasteiger partial charge in [0.1, 0.15) is 6.26 Å². The van der Waals surface area contributed by atoms with Crippen LogP contribution in [-0.4, -0.2) is 16.1 Å². The summed E-state index contributed by atoms with van der Waals surface area (Å²) in [6, 6.07) is 0. The van der Waals surface area contributed by atoms with Crippen LogP contribution in [0.1, 0.15) is 25.2 Å². The Morgan fingerprint density at radius 3 is 3.09 bits per heavy atom. The Kier molecular flexibility index (Phi) is 2.25. The molecule has 4 nitrogen and oxygen atoms in total. The fourth-order valence-electron chi connectivity index (χ4n) is 0.827. The SMILES string of the molecule is CC(CC(=O)O)c1ncco1. The molecule has 1 aromatic rings. The van der Waals surface area contributed by atoms with Gasteiger partial charge < -0.3 is 9.52 Å². The number of oxazole rings is 1. The number of carbonyl (C=O) groups is 1. The molecule has 0 bridgehead atoms. The lowest BCUT2D eigenvalue weighted by Crippen LogP contribution is -2.02. The van der Waals surface area contributed by atoms with E-state index in [-0.39, 0.29) is 12.3 Å². The van der Waals surface area contributed by atoms with Crippen molar-refractivity contribution < 1.29 is 14.3 Å². The molecular formula is C7H9NO3. The highest BCUT2D eigenvalue weighted by molar-refractivity contribution is 5.67. The van der Waals surface area contributed by atoms with E-state index in [0.717, 1.165) is 0 Å². The highest BCUT2D eigenvalue weighted by atomic mass is 16.4. The molecule has 0 amide bonds. The van der Waals surface area contributed by atoms with Gasteiger partial charge in [-0.1, -0.05) is 6.92 Å². The zero-order chi connectivity index (χ0) is 8.27. The Balaban J connectivity index is 2.56. The van der Waals surface area contributed by atoms with E-state index in [4.69, 9.17) is 9.52 Å². The number of rotatable bonds is 3. The van der Waals surface area contributed by atoms with Gasteiger partial charge in [-0.15, -0.1) is 0 Å². The first-order chi connectivity index (χ1) is 5.20. The summed E-state index contributed by atoms with van der Waals surface area (Å²) >= 11 is 0. The number of nitrogens with zero attached hydrogens (tertiary/aromatic N) is 1. The molecule has 0 aromatic carbocycles. The van der Waals surface area contributed by atoms with Gasteiger partial charge in [0.05, 0.1) is 12.6 Å². The van der Waals surface area contributed by atoms with Crippen LogP contribution >= 0.6 is 0 Å². The third-order valence-electron chi connectivity index (χ3n) is 1.35. The lowest BCUT2D eigenvalue weighted by Gasteiger charge is -2.00. The molecule has 0 aliphatic heterocycles. The Morgan fingerprint density at radius 2 is 2.64 bits per heavy atom. The van der Waals surface area contributed by atoms with Crippen molar-refractivity contribution in [3.8, 4) is 0 Å². The van der Waals surface area contributed by atoms with Crippen molar-refractivity contribution >= 4 is 5.97 Å². The molecule has 0 saturated carbocycles. The molecule has 0 aliphatic carbocycles. The molecule has 60 valence electrons. The van der Waals surface area contributed by atoms with Gasteiger partial charge in [-0.2, -0.15) is 0 Å². The van der Waals surface area contributed by atoms with Crippen molar-refractivity contribution in [3.63, 3.8) is 0 Å². The number of aliphatic carboxylic acids is 1. The first-order valence-electron chi connectivity index (χ1n) is 3.31. The van der Waals surface area contributed by atoms with Crippen LogP contribution in [0.2, 0.25) is 0 Å². The molecular weight excluding hydrogens is 146 g/mol. The van der Waals surface area contributed by atoms with E-state index in [1.54, 1.807) is 6.92 Å². The third kappa shape index (κ3) is 2.07. The maximum atomic E-state index is 10.2. The molecule has 1 N–H and O–H groups in total. The van der Waals surface area contributed by atoms with Crippen molar-refractivity contribution in [1.82, 2.24) is 4.98 Å². The quantitative estimate of drug-likeness (QED) is 0.713. The third-order valence-corrected chi connectivity index (χ3v) is 1.35. The van der Waals surface area contributed by atoms with Crippen LogP contribution in [0.15, 0.2) is 16.9 Å². The van der Waals surface area contributed by atoms with Crippen molar-refractivity contribution in [1.29, 1.82) is 0 Å². The van der Waals surface area contributed by atoms with Crippen LogP contribution in [0.5, 0.6) is 0 Å². The maximum absolute atomic E-state index is 10.2. The van der Waals surface area contributed by atoms with Crippen molar-refractivity contribution in [2.24, 2.45) is 0 Å². The van der Waals surface area contributed by atoms with Gasteiger partial charge >= 0.3 is 5.97 Å². The smallest absolute Gasteiger partial charge is 0.304 e. The van der Waals surface area contributed by atoms with Crippen molar-refractivity contribution in [2.45, 2.75) is 19.3 Å². The summed E-state index contributed by atoms with van der Waals surface area (Å²) in [5.41, 5.74) is 0. The fraction of sp³-hybridized carbons (Fsp3) is 0.429. The van der Waals surface area contributed by atoms with Gasteiger partial charge in [0.25, 0.3) is 0 Å². The summed E-state index contributed by atoms with van der Waals surface area (Å²) in [5.74, 6) is -0.509. The van der Waals surface area contributed by atoms with Crippen LogP contribution in [0, 0.1) is 0 Å².